The van der Waals surface area contributed by atoms with Gasteiger partial charge in [0.1, 0.15) is 11.9 Å². The molecule has 0 amide bonds. The molecule has 1 rings (SSSR count). The van der Waals surface area contributed by atoms with E-state index < -0.39 is 6.17 Å². The number of alkyl halides is 1. The van der Waals surface area contributed by atoms with Crippen LogP contribution >= 0.6 is 0 Å². The fraction of sp³-hybridized carbons (Fsp3) is 0.500. The number of methoxy groups -OCH3 is 1. The van der Waals surface area contributed by atoms with E-state index in [0.717, 1.165) is 6.42 Å². The number of hydrogen-bond acceptors (Lipinski definition) is 2. The van der Waals surface area contributed by atoms with Gasteiger partial charge in [0.2, 0.25) is 0 Å². The van der Waals surface area contributed by atoms with Crippen LogP contribution in [0.3, 0.4) is 0 Å². The average Bonchev–Trinajstić information content (AvgIpc) is 2.27. The highest BCUT2D eigenvalue weighted by Crippen LogP contribution is 2.30. The van der Waals surface area contributed by atoms with Crippen molar-refractivity contribution in [3.05, 3.63) is 29.8 Å². The van der Waals surface area contributed by atoms with Crippen LogP contribution in [0.15, 0.2) is 24.3 Å². The smallest absolute Gasteiger partial charge is 0.188 e. The van der Waals surface area contributed by atoms with Gasteiger partial charge in [-0.15, -0.1) is 0 Å². The lowest BCUT2D eigenvalue weighted by atomic mass is 10.1. The van der Waals surface area contributed by atoms with Crippen molar-refractivity contribution in [2.75, 3.05) is 13.9 Å². The van der Waals surface area contributed by atoms with Crippen LogP contribution < -0.4 is 4.74 Å². The van der Waals surface area contributed by atoms with Gasteiger partial charge >= 0.3 is 0 Å². The maximum Gasteiger partial charge on any atom is 0.188 e. The van der Waals surface area contributed by atoms with E-state index in [1.54, 1.807) is 19.2 Å². The van der Waals surface area contributed by atoms with Crippen LogP contribution in [0.2, 0.25) is 0 Å². The Bertz CT molecular complexity index is 289. The van der Waals surface area contributed by atoms with Gasteiger partial charge in [-0.25, -0.2) is 4.39 Å². The van der Waals surface area contributed by atoms with Gasteiger partial charge in [-0.3, -0.25) is 0 Å². The lowest BCUT2D eigenvalue weighted by Gasteiger charge is -2.13. The quantitative estimate of drug-likeness (QED) is 0.672. The molecule has 0 heterocycles. The summed E-state index contributed by atoms with van der Waals surface area (Å²) >= 11 is 0. The first kappa shape index (κ1) is 12.0. The number of halogens is 1. The summed E-state index contributed by atoms with van der Waals surface area (Å²) in [6.07, 6.45) is 0.385. The SMILES string of the molecule is CCCC(F)c1ccccc1OCOC. The highest BCUT2D eigenvalue weighted by atomic mass is 19.1. The molecule has 1 atom stereocenters. The normalized spacial score (nSPS) is 12.5. The molecule has 0 aliphatic rings. The van der Waals surface area contributed by atoms with E-state index in [-0.39, 0.29) is 6.79 Å². The third-order valence-corrected chi connectivity index (χ3v) is 2.13. The van der Waals surface area contributed by atoms with Crippen LogP contribution in [0, 0.1) is 0 Å². The zero-order valence-electron chi connectivity index (χ0n) is 9.20. The fourth-order valence-electron chi connectivity index (χ4n) is 1.40. The molecular weight excluding hydrogens is 195 g/mol. The van der Waals surface area contributed by atoms with Crippen LogP contribution in [-0.2, 0) is 4.74 Å². The molecule has 15 heavy (non-hydrogen) atoms. The van der Waals surface area contributed by atoms with E-state index in [2.05, 4.69) is 0 Å². The molecule has 0 N–H and O–H groups in total. The van der Waals surface area contributed by atoms with E-state index in [9.17, 15) is 4.39 Å². The van der Waals surface area contributed by atoms with Crippen LogP contribution in [0.25, 0.3) is 0 Å². The summed E-state index contributed by atoms with van der Waals surface area (Å²) in [5.41, 5.74) is 0.608. The van der Waals surface area contributed by atoms with Gasteiger partial charge in [-0.05, 0) is 12.5 Å². The summed E-state index contributed by atoms with van der Waals surface area (Å²) in [5.74, 6) is 0.570. The van der Waals surface area contributed by atoms with Crippen molar-refractivity contribution in [1.29, 1.82) is 0 Å². The summed E-state index contributed by atoms with van der Waals surface area (Å²) in [5, 5.41) is 0. The molecule has 0 spiro atoms. The molecular formula is C12H17FO2. The first-order valence-electron chi connectivity index (χ1n) is 5.14. The first-order valence-corrected chi connectivity index (χ1v) is 5.14. The molecule has 1 unspecified atom stereocenters. The summed E-state index contributed by atoms with van der Waals surface area (Å²) < 4.78 is 23.8. The predicted octanol–water partition coefficient (Wildman–Crippen LogP) is 3.48. The summed E-state index contributed by atoms with van der Waals surface area (Å²) in [4.78, 5) is 0. The second-order valence-electron chi connectivity index (χ2n) is 3.34. The molecule has 0 saturated carbocycles. The Hall–Kier alpha value is -1.09. The highest BCUT2D eigenvalue weighted by Gasteiger charge is 2.13. The monoisotopic (exact) mass is 212 g/mol. The van der Waals surface area contributed by atoms with Crippen molar-refractivity contribution in [3.63, 3.8) is 0 Å². The molecule has 2 nitrogen and oxygen atoms in total. The van der Waals surface area contributed by atoms with Crippen LogP contribution in [0.1, 0.15) is 31.5 Å². The number of ether oxygens (including phenoxy) is 2. The standard InChI is InChI=1S/C12H17FO2/c1-3-6-11(13)10-7-4-5-8-12(10)15-9-14-2/h4-5,7-8,11H,3,6,9H2,1-2H3. The predicted molar refractivity (Wildman–Crippen MR) is 57.7 cm³/mol. The van der Waals surface area contributed by atoms with E-state index in [4.69, 9.17) is 9.47 Å². The zero-order valence-corrected chi connectivity index (χ0v) is 9.20. The molecule has 0 bridgehead atoms. The molecule has 84 valence electrons. The molecule has 1 aromatic rings. The molecule has 0 aromatic heterocycles. The van der Waals surface area contributed by atoms with E-state index in [0.29, 0.717) is 17.7 Å². The Morgan fingerprint density at radius 2 is 2.07 bits per heavy atom. The maximum absolute atomic E-state index is 13.7. The lowest BCUT2D eigenvalue weighted by Crippen LogP contribution is -2.03. The number of rotatable bonds is 6. The van der Waals surface area contributed by atoms with Gasteiger partial charge in [0.15, 0.2) is 6.79 Å². The Morgan fingerprint density at radius 1 is 1.33 bits per heavy atom. The minimum atomic E-state index is -0.956. The van der Waals surface area contributed by atoms with Gasteiger partial charge in [0.05, 0.1) is 0 Å². The molecule has 0 aliphatic heterocycles. The third-order valence-electron chi connectivity index (χ3n) is 2.13. The van der Waals surface area contributed by atoms with E-state index >= 15 is 0 Å². The van der Waals surface area contributed by atoms with Crippen LogP contribution in [0.4, 0.5) is 4.39 Å². The Morgan fingerprint density at radius 3 is 2.73 bits per heavy atom. The molecule has 3 heteroatoms. The maximum atomic E-state index is 13.7. The summed E-state index contributed by atoms with van der Waals surface area (Å²) in [6, 6.07) is 7.16. The van der Waals surface area contributed by atoms with Gasteiger partial charge in [0.25, 0.3) is 0 Å². The van der Waals surface area contributed by atoms with Crippen molar-refractivity contribution in [1.82, 2.24) is 0 Å². The Labute approximate surface area is 90.0 Å². The molecule has 1 aromatic carbocycles. The second kappa shape index (κ2) is 6.40. The third kappa shape index (κ3) is 3.51. The van der Waals surface area contributed by atoms with Gasteiger partial charge < -0.3 is 9.47 Å². The summed E-state index contributed by atoms with van der Waals surface area (Å²) in [7, 11) is 1.54. The topological polar surface area (TPSA) is 18.5 Å². The number of hydrogen-bond donors (Lipinski definition) is 0. The van der Waals surface area contributed by atoms with Gasteiger partial charge in [-0.1, -0.05) is 31.5 Å². The van der Waals surface area contributed by atoms with Crippen LogP contribution in [0.5, 0.6) is 5.75 Å². The minimum absolute atomic E-state index is 0.149. The average molecular weight is 212 g/mol. The van der Waals surface area contributed by atoms with Gasteiger partial charge in [0, 0.05) is 12.7 Å². The van der Waals surface area contributed by atoms with E-state index in [1.807, 2.05) is 19.1 Å². The Balaban J connectivity index is 2.75. The largest absolute Gasteiger partial charge is 0.467 e. The van der Waals surface area contributed by atoms with Crippen molar-refractivity contribution in [2.45, 2.75) is 25.9 Å². The molecule has 0 saturated heterocycles. The van der Waals surface area contributed by atoms with Crippen molar-refractivity contribution >= 4 is 0 Å². The van der Waals surface area contributed by atoms with E-state index in [1.165, 1.54) is 0 Å². The minimum Gasteiger partial charge on any atom is -0.467 e. The molecule has 0 aliphatic carbocycles. The molecule has 0 fully saturated rings. The van der Waals surface area contributed by atoms with Crippen molar-refractivity contribution < 1.29 is 13.9 Å². The Kier molecular flexibility index (Phi) is 5.12. The number of para-hydroxylation sites is 1. The van der Waals surface area contributed by atoms with Crippen LogP contribution in [-0.4, -0.2) is 13.9 Å². The van der Waals surface area contributed by atoms with Gasteiger partial charge in [-0.2, -0.15) is 0 Å². The zero-order chi connectivity index (χ0) is 11.1. The summed E-state index contributed by atoms with van der Waals surface area (Å²) in [6.45, 7) is 2.11. The second-order valence-corrected chi connectivity index (χ2v) is 3.34. The van der Waals surface area contributed by atoms with Crippen molar-refractivity contribution in [2.24, 2.45) is 0 Å². The molecule has 0 radical (unpaired) electrons. The first-order chi connectivity index (χ1) is 7.29. The number of benzene rings is 1. The highest BCUT2D eigenvalue weighted by molar-refractivity contribution is 5.35. The lowest BCUT2D eigenvalue weighted by molar-refractivity contribution is 0.0493. The fourth-order valence-corrected chi connectivity index (χ4v) is 1.40. The van der Waals surface area contributed by atoms with Crippen molar-refractivity contribution in [3.8, 4) is 5.75 Å².